The van der Waals surface area contributed by atoms with Crippen molar-refractivity contribution >= 4 is 17.6 Å². The molecule has 1 aromatic carbocycles. The summed E-state index contributed by atoms with van der Waals surface area (Å²) < 4.78 is 0. The Labute approximate surface area is 94.5 Å². The van der Waals surface area contributed by atoms with Crippen molar-refractivity contribution in [3.63, 3.8) is 0 Å². The molecule has 0 aromatic heterocycles. The molecule has 0 aliphatic carbocycles. The molecule has 0 atom stereocenters. The van der Waals surface area contributed by atoms with Crippen LogP contribution in [-0.4, -0.2) is 24.0 Å². The number of carboxylic acid groups (broad SMARTS) is 1. The predicted octanol–water partition coefficient (Wildman–Crippen LogP) is 1.69. The molecule has 0 radical (unpaired) electrons. The van der Waals surface area contributed by atoms with E-state index < -0.39 is 5.97 Å². The van der Waals surface area contributed by atoms with Crippen LogP contribution < -0.4 is 4.90 Å². The monoisotopic (exact) mass is 221 g/mol. The van der Waals surface area contributed by atoms with Gasteiger partial charge < -0.3 is 10.0 Å². The fourth-order valence-corrected chi connectivity index (χ4v) is 1.43. The molecule has 0 saturated carbocycles. The lowest BCUT2D eigenvalue weighted by Gasteiger charge is -2.17. The van der Waals surface area contributed by atoms with Gasteiger partial charge in [-0.05, 0) is 17.7 Å². The minimum atomic E-state index is -0.873. The zero-order valence-corrected chi connectivity index (χ0v) is 9.43. The van der Waals surface area contributed by atoms with Crippen LogP contribution in [0.15, 0.2) is 24.3 Å². The third kappa shape index (κ3) is 3.08. The van der Waals surface area contributed by atoms with E-state index in [2.05, 4.69) is 0 Å². The first-order valence-electron chi connectivity index (χ1n) is 5.12. The molecular weight excluding hydrogens is 206 g/mol. The largest absolute Gasteiger partial charge is 0.481 e. The fraction of sp³-hybridized carbons (Fsp3) is 0.333. The van der Waals surface area contributed by atoms with Crippen LogP contribution in [0.2, 0.25) is 0 Å². The molecular formula is C12H15NO3. The molecule has 1 N–H and O–H groups in total. The third-order valence-electron chi connectivity index (χ3n) is 2.33. The van der Waals surface area contributed by atoms with Crippen molar-refractivity contribution in [2.45, 2.75) is 19.8 Å². The first kappa shape index (κ1) is 12.2. The molecule has 0 unspecified atom stereocenters. The number of rotatable bonds is 4. The molecule has 1 aromatic rings. The molecule has 0 aliphatic heterocycles. The third-order valence-corrected chi connectivity index (χ3v) is 2.33. The Hall–Kier alpha value is -1.84. The molecule has 0 heterocycles. The van der Waals surface area contributed by atoms with Gasteiger partial charge in [0, 0.05) is 19.2 Å². The van der Waals surface area contributed by atoms with E-state index in [9.17, 15) is 9.59 Å². The van der Waals surface area contributed by atoms with Crippen LogP contribution in [0.4, 0.5) is 5.69 Å². The first-order valence-corrected chi connectivity index (χ1v) is 5.12. The summed E-state index contributed by atoms with van der Waals surface area (Å²) in [5.41, 5.74) is 1.42. The Kier molecular flexibility index (Phi) is 4.05. The lowest BCUT2D eigenvalue weighted by Crippen LogP contribution is -2.25. The van der Waals surface area contributed by atoms with Gasteiger partial charge in [0.1, 0.15) is 0 Å². The van der Waals surface area contributed by atoms with Gasteiger partial charge in [0.05, 0.1) is 6.42 Å². The SMILES string of the molecule is CCC(=O)N(C)c1cccc(CC(=O)O)c1. The molecule has 1 amide bonds. The van der Waals surface area contributed by atoms with Crippen LogP contribution in [0.5, 0.6) is 0 Å². The van der Waals surface area contributed by atoms with Gasteiger partial charge in [-0.15, -0.1) is 0 Å². The Morgan fingerprint density at radius 2 is 2.06 bits per heavy atom. The quantitative estimate of drug-likeness (QED) is 0.841. The topological polar surface area (TPSA) is 57.6 Å². The van der Waals surface area contributed by atoms with Crippen LogP contribution in [-0.2, 0) is 16.0 Å². The van der Waals surface area contributed by atoms with E-state index in [0.717, 1.165) is 5.69 Å². The summed E-state index contributed by atoms with van der Waals surface area (Å²) in [6, 6.07) is 7.01. The van der Waals surface area contributed by atoms with Gasteiger partial charge in [-0.1, -0.05) is 19.1 Å². The van der Waals surface area contributed by atoms with Crippen LogP contribution >= 0.6 is 0 Å². The number of benzene rings is 1. The average Bonchev–Trinajstić information content (AvgIpc) is 2.26. The van der Waals surface area contributed by atoms with E-state index in [1.807, 2.05) is 0 Å². The maximum Gasteiger partial charge on any atom is 0.307 e. The molecule has 1 rings (SSSR count). The van der Waals surface area contributed by atoms with Gasteiger partial charge in [0.2, 0.25) is 5.91 Å². The minimum Gasteiger partial charge on any atom is -0.481 e. The normalized spacial score (nSPS) is 9.88. The number of anilines is 1. The highest BCUT2D eigenvalue weighted by molar-refractivity contribution is 5.92. The maximum absolute atomic E-state index is 11.5. The van der Waals surface area contributed by atoms with Crippen molar-refractivity contribution in [1.82, 2.24) is 0 Å². The molecule has 0 aliphatic rings. The van der Waals surface area contributed by atoms with Crippen molar-refractivity contribution in [3.8, 4) is 0 Å². The Balaban J connectivity index is 2.89. The average molecular weight is 221 g/mol. The Morgan fingerprint density at radius 1 is 1.38 bits per heavy atom. The van der Waals surface area contributed by atoms with Crippen LogP contribution in [0.3, 0.4) is 0 Å². The summed E-state index contributed by atoms with van der Waals surface area (Å²) in [6.45, 7) is 1.79. The van der Waals surface area contributed by atoms with E-state index in [0.29, 0.717) is 12.0 Å². The highest BCUT2D eigenvalue weighted by atomic mass is 16.4. The molecule has 0 saturated heterocycles. The maximum atomic E-state index is 11.5. The predicted molar refractivity (Wildman–Crippen MR) is 61.5 cm³/mol. The summed E-state index contributed by atoms with van der Waals surface area (Å²) in [6.07, 6.45) is 0.404. The van der Waals surface area contributed by atoms with Crippen LogP contribution in [0.1, 0.15) is 18.9 Å². The second-order valence-corrected chi connectivity index (χ2v) is 3.55. The van der Waals surface area contributed by atoms with Gasteiger partial charge in [0.15, 0.2) is 0 Å². The Bertz CT molecular complexity index is 401. The van der Waals surface area contributed by atoms with Gasteiger partial charge in [-0.25, -0.2) is 0 Å². The number of carboxylic acids is 1. The zero-order chi connectivity index (χ0) is 12.1. The molecule has 86 valence electrons. The highest BCUT2D eigenvalue weighted by Gasteiger charge is 2.09. The number of hydrogen-bond acceptors (Lipinski definition) is 2. The summed E-state index contributed by atoms with van der Waals surface area (Å²) in [4.78, 5) is 23.5. The second kappa shape index (κ2) is 5.30. The standard InChI is InChI=1S/C12H15NO3/c1-3-11(14)13(2)10-6-4-5-9(7-10)8-12(15)16/h4-7H,3,8H2,1-2H3,(H,15,16). The van der Waals surface area contributed by atoms with Gasteiger partial charge in [-0.2, -0.15) is 0 Å². The van der Waals surface area contributed by atoms with Gasteiger partial charge >= 0.3 is 5.97 Å². The molecule has 4 nitrogen and oxygen atoms in total. The van der Waals surface area contributed by atoms with E-state index >= 15 is 0 Å². The van der Waals surface area contributed by atoms with E-state index in [4.69, 9.17) is 5.11 Å². The van der Waals surface area contributed by atoms with Gasteiger partial charge in [-0.3, -0.25) is 9.59 Å². The summed E-state index contributed by atoms with van der Waals surface area (Å²) in [5.74, 6) is -0.867. The first-order chi connectivity index (χ1) is 7.54. The van der Waals surface area contributed by atoms with Gasteiger partial charge in [0.25, 0.3) is 0 Å². The Morgan fingerprint density at radius 3 is 2.62 bits per heavy atom. The number of amides is 1. The van der Waals surface area contributed by atoms with E-state index in [1.54, 1.807) is 38.2 Å². The molecule has 0 bridgehead atoms. The van der Waals surface area contributed by atoms with Crippen LogP contribution in [0, 0.1) is 0 Å². The summed E-state index contributed by atoms with van der Waals surface area (Å²) in [5, 5.41) is 8.67. The summed E-state index contributed by atoms with van der Waals surface area (Å²) >= 11 is 0. The van der Waals surface area contributed by atoms with Crippen LogP contribution in [0.25, 0.3) is 0 Å². The number of nitrogens with zero attached hydrogens (tertiary/aromatic N) is 1. The lowest BCUT2D eigenvalue weighted by molar-refractivity contribution is -0.136. The molecule has 0 fully saturated rings. The minimum absolute atomic E-state index is 0.00692. The number of aliphatic carboxylic acids is 1. The van der Waals surface area contributed by atoms with Crippen molar-refractivity contribution in [2.24, 2.45) is 0 Å². The number of carbonyl (C=O) groups is 2. The van der Waals surface area contributed by atoms with Crippen molar-refractivity contribution in [3.05, 3.63) is 29.8 Å². The number of carbonyl (C=O) groups excluding carboxylic acids is 1. The smallest absolute Gasteiger partial charge is 0.307 e. The number of hydrogen-bond donors (Lipinski definition) is 1. The lowest BCUT2D eigenvalue weighted by atomic mass is 10.1. The highest BCUT2D eigenvalue weighted by Crippen LogP contribution is 2.16. The second-order valence-electron chi connectivity index (χ2n) is 3.55. The van der Waals surface area contributed by atoms with E-state index in [-0.39, 0.29) is 12.3 Å². The molecule has 4 heteroatoms. The fourth-order valence-electron chi connectivity index (χ4n) is 1.43. The summed E-state index contributed by atoms with van der Waals surface area (Å²) in [7, 11) is 1.69. The molecule has 0 spiro atoms. The van der Waals surface area contributed by atoms with Crippen molar-refractivity contribution in [2.75, 3.05) is 11.9 Å². The molecule has 16 heavy (non-hydrogen) atoms. The van der Waals surface area contributed by atoms with Crippen molar-refractivity contribution in [1.29, 1.82) is 0 Å². The van der Waals surface area contributed by atoms with E-state index in [1.165, 1.54) is 4.90 Å². The van der Waals surface area contributed by atoms with Crippen molar-refractivity contribution < 1.29 is 14.7 Å². The zero-order valence-electron chi connectivity index (χ0n) is 9.43.